The fraction of sp³-hybridized carbons (Fsp3) is 0.200. The molecule has 1 aromatic rings. The molecule has 1 aromatic heterocycles. The van der Waals surface area contributed by atoms with Crippen LogP contribution >= 0.6 is 0 Å². The number of hydrogen-bond acceptors (Lipinski definition) is 3. The largest absolute Gasteiger partial charge is 0.345 e. The monoisotopic (exact) mass is 109 g/mol. The molecule has 1 radical (unpaired) electrons. The highest BCUT2D eigenvalue weighted by Gasteiger charge is 1.89. The zero-order valence-corrected chi connectivity index (χ0v) is 4.24. The van der Waals surface area contributed by atoms with E-state index in [2.05, 4.69) is 14.9 Å². The summed E-state index contributed by atoms with van der Waals surface area (Å²) >= 11 is 0. The van der Waals surface area contributed by atoms with Gasteiger partial charge in [0.1, 0.15) is 12.0 Å². The third-order valence-corrected chi connectivity index (χ3v) is 0.732. The second-order valence-electron chi connectivity index (χ2n) is 1.34. The van der Waals surface area contributed by atoms with Crippen molar-refractivity contribution < 1.29 is 4.52 Å². The Morgan fingerprint density at radius 2 is 2.75 bits per heavy atom. The number of nitrogens with zero attached hydrogens (tertiary/aromatic N) is 2. The van der Waals surface area contributed by atoms with Gasteiger partial charge in [-0.25, -0.2) is 0 Å². The lowest BCUT2D eigenvalue weighted by Gasteiger charge is -1.75. The summed E-state index contributed by atoms with van der Waals surface area (Å²) in [6.07, 6.45) is 3.58. The van der Waals surface area contributed by atoms with Gasteiger partial charge in [-0.1, -0.05) is 12.7 Å². The molecule has 0 amide bonds. The van der Waals surface area contributed by atoms with Gasteiger partial charge in [0.15, 0.2) is 0 Å². The van der Waals surface area contributed by atoms with Gasteiger partial charge in [-0.3, -0.25) is 0 Å². The fourth-order valence-electron chi connectivity index (χ4n) is 0.394. The molecule has 0 fully saturated rings. The molecule has 1 heterocycles. The van der Waals surface area contributed by atoms with Gasteiger partial charge in [-0.2, -0.15) is 0 Å². The molecule has 41 valence electrons. The van der Waals surface area contributed by atoms with Gasteiger partial charge in [0, 0.05) is 11.7 Å². The molecule has 3 heteroatoms. The lowest BCUT2D eigenvalue weighted by molar-refractivity contribution is 0.392. The summed E-state index contributed by atoms with van der Waals surface area (Å²) in [5, 5.41) is 6.82. The number of rotatable bonds is 2. The third kappa shape index (κ3) is 0.932. The summed E-state index contributed by atoms with van der Waals surface area (Å²) in [6.45, 7) is 5.09. The molecule has 0 unspecified atom stereocenters. The van der Waals surface area contributed by atoms with Crippen molar-refractivity contribution in [3.8, 4) is 0 Å². The zero-order chi connectivity index (χ0) is 5.82. The summed E-state index contributed by atoms with van der Waals surface area (Å²) < 4.78 is 4.43. The van der Waals surface area contributed by atoms with Gasteiger partial charge < -0.3 is 4.52 Å². The second-order valence-corrected chi connectivity index (χ2v) is 1.34. The van der Waals surface area contributed by atoms with Crippen LogP contribution in [0.4, 0.5) is 0 Å². The minimum absolute atomic E-state index is 0.615. The highest BCUT2D eigenvalue weighted by atomic mass is 16.5. The number of aromatic nitrogens is 2. The molecule has 0 atom stereocenters. The van der Waals surface area contributed by atoms with Crippen LogP contribution in [0.5, 0.6) is 0 Å². The van der Waals surface area contributed by atoms with Crippen LogP contribution in [0.2, 0.25) is 0 Å². The van der Waals surface area contributed by atoms with Crippen LogP contribution < -0.4 is 0 Å². The van der Waals surface area contributed by atoms with Crippen LogP contribution in [-0.2, 0) is 6.42 Å². The van der Waals surface area contributed by atoms with Gasteiger partial charge in [-0.15, -0.1) is 5.10 Å². The van der Waals surface area contributed by atoms with Crippen molar-refractivity contribution in [1.29, 1.82) is 0 Å². The Morgan fingerprint density at radius 3 is 3.25 bits per heavy atom. The Bertz CT molecular complexity index is 157. The molecule has 0 N–H and O–H groups in total. The van der Waals surface area contributed by atoms with Crippen molar-refractivity contribution in [2.75, 3.05) is 0 Å². The lowest BCUT2D eigenvalue weighted by atomic mass is 10.3. The molecular weight excluding hydrogens is 104 g/mol. The quantitative estimate of drug-likeness (QED) is 0.558. The first kappa shape index (κ1) is 5.03. The van der Waals surface area contributed by atoms with Crippen molar-refractivity contribution in [2.45, 2.75) is 6.42 Å². The summed E-state index contributed by atoms with van der Waals surface area (Å²) in [5.41, 5.74) is 0.757. The van der Waals surface area contributed by atoms with Crippen LogP contribution in [0, 0.1) is 6.58 Å². The van der Waals surface area contributed by atoms with Crippen LogP contribution in [0.1, 0.15) is 5.69 Å². The summed E-state index contributed by atoms with van der Waals surface area (Å²) in [6, 6.07) is 0. The van der Waals surface area contributed by atoms with Gasteiger partial charge in [0.25, 0.3) is 0 Å². The molecular formula is C5H5N2O. The van der Waals surface area contributed by atoms with Gasteiger partial charge >= 0.3 is 0 Å². The predicted octanol–water partition coefficient (Wildman–Crippen LogP) is 0.601. The number of allylic oxidation sites excluding steroid dienone is 1. The van der Waals surface area contributed by atoms with Crippen LogP contribution in [0.3, 0.4) is 0 Å². The van der Waals surface area contributed by atoms with Crippen LogP contribution in [-0.4, -0.2) is 10.4 Å². The molecule has 0 saturated heterocycles. The highest BCUT2D eigenvalue weighted by Crippen LogP contribution is 1.91. The molecule has 8 heavy (non-hydrogen) atoms. The van der Waals surface area contributed by atoms with Crippen molar-refractivity contribution in [2.24, 2.45) is 0 Å². The Balaban J connectivity index is 2.62. The zero-order valence-electron chi connectivity index (χ0n) is 4.24. The smallest absolute Gasteiger partial charge is 0.147 e. The molecule has 0 aliphatic carbocycles. The van der Waals surface area contributed by atoms with E-state index in [1.165, 1.54) is 12.3 Å². The Morgan fingerprint density at radius 1 is 1.88 bits per heavy atom. The summed E-state index contributed by atoms with van der Waals surface area (Å²) in [4.78, 5) is 0. The normalized spacial score (nSPS) is 9.00. The SMILES string of the molecule is [CH]=CCc1conn1. The van der Waals surface area contributed by atoms with E-state index in [1.807, 2.05) is 0 Å². The van der Waals surface area contributed by atoms with E-state index in [9.17, 15) is 0 Å². The molecule has 1 rings (SSSR count). The minimum atomic E-state index is 0.615. The van der Waals surface area contributed by atoms with Crippen molar-refractivity contribution in [1.82, 2.24) is 10.4 Å². The Labute approximate surface area is 47.0 Å². The topological polar surface area (TPSA) is 38.9 Å². The maximum atomic E-state index is 5.09. The van der Waals surface area contributed by atoms with Gasteiger partial charge in [0.2, 0.25) is 0 Å². The highest BCUT2D eigenvalue weighted by molar-refractivity contribution is 4.93. The summed E-state index contributed by atoms with van der Waals surface area (Å²) in [7, 11) is 0. The first-order chi connectivity index (χ1) is 3.93. The van der Waals surface area contributed by atoms with Crippen LogP contribution in [0.25, 0.3) is 0 Å². The van der Waals surface area contributed by atoms with Crippen molar-refractivity contribution >= 4 is 0 Å². The van der Waals surface area contributed by atoms with Gasteiger partial charge in [-0.05, 0) is 0 Å². The Kier molecular flexibility index (Phi) is 1.42. The molecule has 0 aliphatic rings. The predicted molar refractivity (Wildman–Crippen MR) is 26.9 cm³/mol. The molecule has 0 bridgehead atoms. The summed E-state index contributed by atoms with van der Waals surface area (Å²) in [5.74, 6) is 0. The average Bonchev–Trinajstić information content (AvgIpc) is 2.19. The average molecular weight is 109 g/mol. The van der Waals surface area contributed by atoms with Crippen LogP contribution in [0.15, 0.2) is 16.9 Å². The maximum absolute atomic E-state index is 5.09. The minimum Gasteiger partial charge on any atom is -0.345 e. The third-order valence-electron chi connectivity index (χ3n) is 0.732. The molecule has 0 spiro atoms. The van der Waals surface area contributed by atoms with Crippen molar-refractivity contribution in [3.05, 3.63) is 24.6 Å². The van der Waals surface area contributed by atoms with E-state index in [4.69, 9.17) is 6.58 Å². The second kappa shape index (κ2) is 2.26. The first-order valence-electron chi connectivity index (χ1n) is 2.23. The van der Waals surface area contributed by atoms with E-state index in [1.54, 1.807) is 0 Å². The number of hydrogen-bond donors (Lipinski definition) is 0. The maximum Gasteiger partial charge on any atom is 0.147 e. The molecule has 0 aliphatic heterocycles. The Hall–Kier alpha value is -1.12. The van der Waals surface area contributed by atoms with Crippen molar-refractivity contribution in [3.63, 3.8) is 0 Å². The van der Waals surface area contributed by atoms with Gasteiger partial charge in [0.05, 0.1) is 0 Å². The molecule has 3 nitrogen and oxygen atoms in total. The first-order valence-corrected chi connectivity index (χ1v) is 2.23. The fourth-order valence-corrected chi connectivity index (χ4v) is 0.394. The van der Waals surface area contributed by atoms with E-state index in [-0.39, 0.29) is 0 Å². The van der Waals surface area contributed by atoms with E-state index >= 15 is 0 Å². The van der Waals surface area contributed by atoms with E-state index in [0.717, 1.165) is 5.69 Å². The standard InChI is InChI=1S/C5H5N2O/c1-2-3-5-4-8-7-6-5/h1-2,4H,3H2. The lowest BCUT2D eigenvalue weighted by Crippen LogP contribution is -1.77. The molecule has 0 saturated carbocycles. The van der Waals surface area contributed by atoms with E-state index < -0.39 is 0 Å². The van der Waals surface area contributed by atoms with E-state index in [0.29, 0.717) is 6.42 Å². The molecule has 0 aromatic carbocycles.